The second-order valence-corrected chi connectivity index (χ2v) is 6.23. The fourth-order valence-corrected chi connectivity index (χ4v) is 2.69. The van der Waals surface area contributed by atoms with Gasteiger partial charge in [0.05, 0.1) is 24.3 Å². The van der Waals surface area contributed by atoms with Crippen LogP contribution < -0.4 is 14.8 Å². The average Bonchev–Trinajstić information content (AvgIpc) is 2.68. The Balaban J connectivity index is 1.97. The molecule has 2 aromatic carbocycles. The molecule has 0 aliphatic carbocycles. The van der Waals surface area contributed by atoms with E-state index in [9.17, 15) is 9.59 Å². The van der Waals surface area contributed by atoms with E-state index in [1.54, 1.807) is 18.2 Å². The summed E-state index contributed by atoms with van der Waals surface area (Å²) in [5.74, 6) is -0.112. The summed E-state index contributed by atoms with van der Waals surface area (Å²) in [6.07, 6.45) is 0.544. The third-order valence-corrected chi connectivity index (χ3v) is 4.57. The quantitative estimate of drug-likeness (QED) is 0.672. The zero-order valence-electron chi connectivity index (χ0n) is 14.9. The van der Waals surface area contributed by atoms with Crippen LogP contribution >= 0.6 is 23.2 Å². The van der Waals surface area contributed by atoms with Crippen molar-refractivity contribution < 1.29 is 23.8 Å². The lowest BCUT2D eigenvalue weighted by Gasteiger charge is -2.12. The number of ether oxygens (including phenoxy) is 3. The van der Waals surface area contributed by atoms with Gasteiger partial charge >= 0.3 is 5.97 Å². The van der Waals surface area contributed by atoms with E-state index in [0.29, 0.717) is 40.1 Å². The Labute approximate surface area is 167 Å². The Morgan fingerprint density at radius 3 is 2.56 bits per heavy atom. The number of carbonyl (C=O) groups is 2. The lowest BCUT2D eigenvalue weighted by Crippen LogP contribution is -2.25. The molecule has 1 amide bonds. The molecule has 2 rings (SSSR count). The smallest absolute Gasteiger partial charge is 0.343 e. The highest BCUT2D eigenvalue weighted by atomic mass is 35.5. The fourth-order valence-electron chi connectivity index (χ4n) is 2.28. The number of amides is 1. The summed E-state index contributed by atoms with van der Waals surface area (Å²) in [5.41, 5.74) is 1.25. The van der Waals surface area contributed by atoms with Gasteiger partial charge in [0.15, 0.2) is 18.1 Å². The Morgan fingerprint density at radius 1 is 1.07 bits per heavy atom. The molecule has 0 fully saturated rings. The van der Waals surface area contributed by atoms with Crippen LogP contribution in [0.25, 0.3) is 0 Å². The molecule has 1 N–H and O–H groups in total. The van der Waals surface area contributed by atoms with Crippen molar-refractivity contribution in [3.63, 3.8) is 0 Å². The van der Waals surface area contributed by atoms with Crippen LogP contribution in [0.3, 0.4) is 0 Å². The topological polar surface area (TPSA) is 73.9 Å². The van der Waals surface area contributed by atoms with Crippen LogP contribution in [0.4, 0.5) is 0 Å². The van der Waals surface area contributed by atoms with Crippen molar-refractivity contribution in [1.29, 1.82) is 0 Å². The average molecular weight is 412 g/mol. The molecule has 0 bridgehead atoms. The Morgan fingerprint density at radius 2 is 1.85 bits per heavy atom. The Kier molecular flexibility index (Phi) is 7.76. The number of nitrogens with one attached hydrogen (secondary N) is 1. The molecule has 144 valence electrons. The third kappa shape index (κ3) is 5.77. The summed E-state index contributed by atoms with van der Waals surface area (Å²) in [6.45, 7) is 0.139. The van der Waals surface area contributed by atoms with Gasteiger partial charge in [0.1, 0.15) is 0 Å². The van der Waals surface area contributed by atoms with Crippen molar-refractivity contribution in [3.05, 3.63) is 57.6 Å². The van der Waals surface area contributed by atoms with Gasteiger partial charge in [0, 0.05) is 12.1 Å². The molecular formula is C19H19Cl2NO5. The van der Waals surface area contributed by atoms with E-state index in [2.05, 4.69) is 10.1 Å². The summed E-state index contributed by atoms with van der Waals surface area (Å²) in [5, 5.41) is 3.78. The van der Waals surface area contributed by atoms with Crippen LogP contribution in [0.5, 0.6) is 11.5 Å². The van der Waals surface area contributed by atoms with Crippen LogP contribution in [-0.2, 0) is 16.0 Å². The van der Waals surface area contributed by atoms with Crippen molar-refractivity contribution in [2.75, 3.05) is 27.4 Å². The number of esters is 1. The zero-order valence-corrected chi connectivity index (χ0v) is 16.4. The number of rotatable bonds is 8. The van der Waals surface area contributed by atoms with Gasteiger partial charge in [0.25, 0.3) is 5.91 Å². The van der Waals surface area contributed by atoms with E-state index in [0.717, 1.165) is 5.56 Å². The summed E-state index contributed by atoms with van der Waals surface area (Å²) >= 11 is 12.1. The maximum atomic E-state index is 12.3. The van der Waals surface area contributed by atoms with Crippen LogP contribution in [-0.4, -0.2) is 39.2 Å². The third-order valence-electron chi connectivity index (χ3n) is 3.71. The number of hydrogen-bond donors (Lipinski definition) is 1. The highest BCUT2D eigenvalue weighted by molar-refractivity contribution is 6.42. The second-order valence-electron chi connectivity index (χ2n) is 5.45. The first-order chi connectivity index (χ1) is 13.0. The van der Waals surface area contributed by atoms with E-state index >= 15 is 0 Å². The van der Waals surface area contributed by atoms with E-state index < -0.39 is 5.97 Å². The minimum Gasteiger partial charge on any atom is -0.493 e. The highest BCUT2D eigenvalue weighted by Gasteiger charge is 2.13. The van der Waals surface area contributed by atoms with E-state index in [4.69, 9.17) is 32.7 Å². The molecule has 8 heteroatoms. The normalized spacial score (nSPS) is 10.2. The maximum Gasteiger partial charge on any atom is 0.343 e. The molecule has 0 unspecified atom stereocenters. The Hall–Kier alpha value is -2.44. The minimum absolute atomic E-state index is 0.251. The van der Waals surface area contributed by atoms with Crippen molar-refractivity contribution in [2.24, 2.45) is 0 Å². The molecule has 0 saturated heterocycles. The number of halogens is 2. The van der Waals surface area contributed by atoms with Crippen molar-refractivity contribution >= 4 is 35.1 Å². The minimum atomic E-state index is -0.515. The first-order valence-corrected chi connectivity index (χ1v) is 8.80. The molecule has 6 nitrogen and oxygen atoms in total. The number of benzene rings is 2. The standard InChI is InChI=1S/C19H19Cl2NO5/c1-25-16-10-13(6-7-15(16)27-11-17(23)26-2)19(24)22-9-8-12-4-3-5-14(20)18(12)21/h3-7,10H,8-9,11H2,1-2H3,(H,22,24). The summed E-state index contributed by atoms with van der Waals surface area (Å²) < 4.78 is 15.1. The van der Waals surface area contributed by atoms with Crippen LogP contribution in [0.15, 0.2) is 36.4 Å². The molecule has 0 spiro atoms. The number of carbonyl (C=O) groups excluding carboxylic acids is 2. The van der Waals surface area contributed by atoms with Crippen LogP contribution in [0.2, 0.25) is 10.0 Å². The molecule has 0 atom stereocenters. The predicted molar refractivity (Wildman–Crippen MR) is 103 cm³/mol. The largest absolute Gasteiger partial charge is 0.493 e. The monoisotopic (exact) mass is 411 g/mol. The SMILES string of the molecule is COC(=O)COc1ccc(C(=O)NCCc2cccc(Cl)c2Cl)cc1OC. The molecule has 2 aromatic rings. The van der Waals surface area contributed by atoms with Gasteiger partial charge in [-0.25, -0.2) is 4.79 Å². The molecule has 0 saturated carbocycles. The molecule has 0 heterocycles. The Bertz CT molecular complexity index is 826. The lowest BCUT2D eigenvalue weighted by molar-refractivity contribution is -0.142. The molecule has 27 heavy (non-hydrogen) atoms. The fraction of sp³-hybridized carbons (Fsp3) is 0.263. The van der Waals surface area contributed by atoms with Crippen molar-refractivity contribution in [3.8, 4) is 11.5 Å². The highest BCUT2D eigenvalue weighted by Crippen LogP contribution is 2.28. The molecule has 0 aliphatic rings. The second kappa shape index (κ2) is 10.0. The predicted octanol–water partition coefficient (Wildman–Crippen LogP) is 3.53. The van der Waals surface area contributed by atoms with Crippen molar-refractivity contribution in [1.82, 2.24) is 5.32 Å². The number of hydrogen-bond acceptors (Lipinski definition) is 5. The molecule has 0 aromatic heterocycles. The zero-order chi connectivity index (χ0) is 19.8. The first-order valence-electron chi connectivity index (χ1n) is 8.05. The van der Waals surface area contributed by atoms with Gasteiger partial charge in [-0.3, -0.25) is 4.79 Å². The van der Waals surface area contributed by atoms with Gasteiger partial charge in [-0.15, -0.1) is 0 Å². The van der Waals surface area contributed by atoms with Gasteiger partial charge in [0.2, 0.25) is 0 Å². The lowest BCUT2D eigenvalue weighted by atomic mass is 10.1. The molecular weight excluding hydrogens is 393 g/mol. The van der Waals surface area contributed by atoms with E-state index in [1.807, 2.05) is 12.1 Å². The number of methoxy groups -OCH3 is 2. The first kappa shape index (κ1) is 20.9. The van der Waals surface area contributed by atoms with Crippen LogP contribution in [0, 0.1) is 0 Å². The summed E-state index contributed by atoms with van der Waals surface area (Å²) in [7, 11) is 2.72. The molecule has 0 radical (unpaired) electrons. The van der Waals surface area contributed by atoms with Crippen molar-refractivity contribution in [2.45, 2.75) is 6.42 Å². The van der Waals surface area contributed by atoms with Gasteiger partial charge < -0.3 is 19.5 Å². The van der Waals surface area contributed by atoms with Gasteiger partial charge in [-0.05, 0) is 36.2 Å². The maximum absolute atomic E-state index is 12.3. The summed E-state index contributed by atoms with van der Waals surface area (Å²) in [4.78, 5) is 23.5. The van der Waals surface area contributed by atoms with Gasteiger partial charge in [-0.2, -0.15) is 0 Å². The van der Waals surface area contributed by atoms with Gasteiger partial charge in [-0.1, -0.05) is 35.3 Å². The molecule has 0 aliphatic heterocycles. The van der Waals surface area contributed by atoms with Crippen LogP contribution in [0.1, 0.15) is 15.9 Å². The van der Waals surface area contributed by atoms with E-state index in [1.165, 1.54) is 20.3 Å². The summed E-state index contributed by atoms with van der Waals surface area (Å²) in [6, 6.07) is 10.1. The van der Waals surface area contributed by atoms with E-state index in [-0.39, 0.29) is 12.5 Å².